The summed E-state index contributed by atoms with van der Waals surface area (Å²) >= 11 is 0. The Kier molecular flexibility index (Phi) is 3.78. The average molecular weight is 251 g/mol. The molecule has 3 atom stereocenters. The number of aromatic nitrogens is 1. The van der Waals surface area contributed by atoms with Gasteiger partial charge in [-0.3, -0.25) is 9.59 Å². The van der Waals surface area contributed by atoms with E-state index in [0.717, 1.165) is 6.42 Å². The quantitative estimate of drug-likeness (QED) is 0.679. The molecule has 18 heavy (non-hydrogen) atoms. The summed E-state index contributed by atoms with van der Waals surface area (Å²) in [6.07, 6.45) is 2.16. The highest BCUT2D eigenvalue weighted by atomic mass is 16.5. The van der Waals surface area contributed by atoms with Gasteiger partial charge in [0, 0.05) is 30.5 Å². The van der Waals surface area contributed by atoms with E-state index in [-0.39, 0.29) is 29.7 Å². The smallest absolute Gasteiger partial charge is 0.251 e. The molecule has 1 saturated carbocycles. The van der Waals surface area contributed by atoms with E-state index in [1.54, 1.807) is 6.07 Å². The van der Waals surface area contributed by atoms with Crippen LogP contribution in [0.3, 0.4) is 0 Å². The van der Waals surface area contributed by atoms with Gasteiger partial charge in [0.15, 0.2) is 0 Å². The number of aromatic amines is 1. The molecule has 1 aromatic heterocycles. The Morgan fingerprint density at radius 1 is 1.67 bits per heavy atom. The lowest BCUT2D eigenvalue weighted by Gasteiger charge is -2.42. The molecule has 2 rings (SSSR count). The lowest BCUT2D eigenvalue weighted by Crippen LogP contribution is -2.64. The SMILES string of the molecule is CCOC1CC(N)C1NC(=O)c1cc[nH]c(=O)c1. The van der Waals surface area contributed by atoms with Gasteiger partial charge in [-0.1, -0.05) is 0 Å². The van der Waals surface area contributed by atoms with Crippen LogP contribution in [0.4, 0.5) is 0 Å². The van der Waals surface area contributed by atoms with E-state index in [1.807, 2.05) is 6.92 Å². The maximum absolute atomic E-state index is 11.9. The lowest BCUT2D eigenvalue weighted by atomic mass is 9.83. The Hall–Kier alpha value is -1.66. The first kappa shape index (κ1) is 12.8. The third-order valence-electron chi connectivity index (χ3n) is 3.08. The molecule has 0 aromatic carbocycles. The van der Waals surface area contributed by atoms with Crippen molar-refractivity contribution in [3.05, 3.63) is 34.2 Å². The van der Waals surface area contributed by atoms with E-state index < -0.39 is 0 Å². The van der Waals surface area contributed by atoms with Crippen molar-refractivity contribution in [3.63, 3.8) is 0 Å². The molecule has 6 heteroatoms. The van der Waals surface area contributed by atoms with Crippen molar-refractivity contribution >= 4 is 5.91 Å². The maximum atomic E-state index is 11.9. The largest absolute Gasteiger partial charge is 0.376 e. The van der Waals surface area contributed by atoms with E-state index >= 15 is 0 Å². The molecule has 4 N–H and O–H groups in total. The van der Waals surface area contributed by atoms with Crippen LogP contribution in [0.25, 0.3) is 0 Å². The third-order valence-corrected chi connectivity index (χ3v) is 3.08. The summed E-state index contributed by atoms with van der Waals surface area (Å²) < 4.78 is 5.46. The fourth-order valence-corrected chi connectivity index (χ4v) is 2.05. The molecule has 1 aromatic rings. The average Bonchev–Trinajstić information content (AvgIpc) is 2.35. The molecule has 98 valence electrons. The standard InChI is InChI=1S/C12H17N3O3/c1-2-18-9-6-8(13)11(9)15-12(17)7-3-4-14-10(16)5-7/h3-5,8-9,11H,2,6,13H2,1H3,(H,14,16)(H,15,17). The summed E-state index contributed by atoms with van der Waals surface area (Å²) in [6, 6.07) is 2.54. The maximum Gasteiger partial charge on any atom is 0.251 e. The summed E-state index contributed by atoms with van der Waals surface area (Å²) in [5.74, 6) is -0.300. The Morgan fingerprint density at radius 3 is 3.06 bits per heavy atom. The number of carbonyl (C=O) groups is 1. The molecule has 0 aliphatic heterocycles. The van der Waals surface area contributed by atoms with Gasteiger partial charge in [0.2, 0.25) is 5.56 Å². The minimum Gasteiger partial charge on any atom is -0.376 e. The molecular formula is C12H17N3O3. The van der Waals surface area contributed by atoms with Crippen LogP contribution in [0, 0.1) is 0 Å². The molecule has 1 fully saturated rings. The first-order valence-corrected chi connectivity index (χ1v) is 5.98. The third kappa shape index (κ3) is 2.60. The fourth-order valence-electron chi connectivity index (χ4n) is 2.05. The number of nitrogens with two attached hydrogens (primary N) is 1. The van der Waals surface area contributed by atoms with E-state index in [2.05, 4.69) is 10.3 Å². The van der Waals surface area contributed by atoms with Gasteiger partial charge in [-0.15, -0.1) is 0 Å². The normalized spacial score (nSPS) is 26.4. The molecule has 0 spiro atoms. The van der Waals surface area contributed by atoms with Crippen molar-refractivity contribution in [2.24, 2.45) is 5.73 Å². The van der Waals surface area contributed by atoms with Crippen molar-refractivity contribution in [3.8, 4) is 0 Å². The van der Waals surface area contributed by atoms with Gasteiger partial charge in [0.05, 0.1) is 12.1 Å². The first-order valence-electron chi connectivity index (χ1n) is 5.98. The second kappa shape index (κ2) is 5.32. The molecule has 0 radical (unpaired) electrons. The monoisotopic (exact) mass is 251 g/mol. The molecule has 1 aliphatic carbocycles. The Morgan fingerprint density at radius 2 is 2.44 bits per heavy atom. The van der Waals surface area contributed by atoms with E-state index in [0.29, 0.717) is 12.2 Å². The molecular weight excluding hydrogens is 234 g/mol. The van der Waals surface area contributed by atoms with E-state index in [9.17, 15) is 9.59 Å². The van der Waals surface area contributed by atoms with Crippen LogP contribution < -0.4 is 16.6 Å². The first-order chi connectivity index (χ1) is 8.61. The summed E-state index contributed by atoms with van der Waals surface area (Å²) in [7, 11) is 0. The predicted molar refractivity (Wildman–Crippen MR) is 66.3 cm³/mol. The van der Waals surface area contributed by atoms with Crippen LogP contribution in [0.5, 0.6) is 0 Å². The number of nitrogens with one attached hydrogen (secondary N) is 2. The van der Waals surface area contributed by atoms with Gasteiger partial charge in [0.25, 0.3) is 5.91 Å². The van der Waals surface area contributed by atoms with Gasteiger partial charge < -0.3 is 20.8 Å². The molecule has 1 aliphatic rings. The topological polar surface area (TPSA) is 97.2 Å². The van der Waals surface area contributed by atoms with Gasteiger partial charge in [-0.05, 0) is 19.4 Å². The minimum atomic E-state index is -0.304. The van der Waals surface area contributed by atoms with Crippen molar-refractivity contribution in [1.82, 2.24) is 10.3 Å². The molecule has 1 heterocycles. The van der Waals surface area contributed by atoms with Gasteiger partial charge in [-0.25, -0.2) is 0 Å². The molecule has 0 saturated heterocycles. The summed E-state index contributed by atoms with van der Waals surface area (Å²) in [5, 5.41) is 2.80. The number of hydrogen-bond acceptors (Lipinski definition) is 4. The van der Waals surface area contributed by atoms with Crippen molar-refractivity contribution in [1.29, 1.82) is 0 Å². The summed E-state index contributed by atoms with van der Waals surface area (Å²) in [6.45, 7) is 2.49. The molecule has 0 bridgehead atoms. The second-order valence-corrected chi connectivity index (χ2v) is 4.33. The summed E-state index contributed by atoms with van der Waals surface area (Å²) in [5.41, 5.74) is 5.86. The highest BCUT2D eigenvalue weighted by Gasteiger charge is 2.40. The van der Waals surface area contributed by atoms with Crippen molar-refractivity contribution in [2.75, 3.05) is 6.61 Å². The zero-order valence-corrected chi connectivity index (χ0v) is 10.2. The van der Waals surface area contributed by atoms with Crippen LogP contribution in [-0.4, -0.2) is 35.7 Å². The van der Waals surface area contributed by atoms with E-state index in [4.69, 9.17) is 10.5 Å². The van der Waals surface area contributed by atoms with Gasteiger partial charge >= 0.3 is 0 Å². The Balaban J connectivity index is 2.01. The predicted octanol–water partition coefficient (Wildman–Crippen LogP) is -0.391. The molecule has 6 nitrogen and oxygen atoms in total. The number of rotatable bonds is 4. The zero-order chi connectivity index (χ0) is 13.1. The number of ether oxygens (including phenoxy) is 1. The van der Waals surface area contributed by atoms with Crippen LogP contribution in [0.2, 0.25) is 0 Å². The van der Waals surface area contributed by atoms with Crippen LogP contribution in [0.15, 0.2) is 23.1 Å². The molecule has 1 amide bonds. The number of pyridine rings is 1. The fraction of sp³-hybridized carbons (Fsp3) is 0.500. The van der Waals surface area contributed by atoms with E-state index in [1.165, 1.54) is 12.3 Å². The Bertz CT molecular complexity index is 483. The number of H-pyrrole nitrogens is 1. The van der Waals surface area contributed by atoms with Crippen LogP contribution >= 0.6 is 0 Å². The Labute approximate surface area is 105 Å². The minimum absolute atomic E-state index is 0.0315. The zero-order valence-electron chi connectivity index (χ0n) is 10.2. The van der Waals surface area contributed by atoms with Crippen LogP contribution in [-0.2, 0) is 4.74 Å². The lowest BCUT2D eigenvalue weighted by molar-refractivity contribution is -0.0300. The van der Waals surface area contributed by atoms with Crippen LogP contribution in [0.1, 0.15) is 23.7 Å². The number of carbonyl (C=O) groups excluding carboxylic acids is 1. The highest BCUT2D eigenvalue weighted by Crippen LogP contribution is 2.22. The van der Waals surface area contributed by atoms with Crippen molar-refractivity contribution < 1.29 is 9.53 Å². The second-order valence-electron chi connectivity index (χ2n) is 4.33. The number of amides is 1. The van der Waals surface area contributed by atoms with Crippen molar-refractivity contribution in [2.45, 2.75) is 31.5 Å². The molecule has 3 unspecified atom stereocenters. The van der Waals surface area contributed by atoms with Gasteiger partial charge in [-0.2, -0.15) is 0 Å². The summed E-state index contributed by atoms with van der Waals surface area (Å²) in [4.78, 5) is 25.5. The number of hydrogen-bond donors (Lipinski definition) is 3. The van der Waals surface area contributed by atoms with Gasteiger partial charge in [0.1, 0.15) is 0 Å². The highest BCUT2D eigenvalue weighted by molar-refractivity contribution is 5.94.